The lowest BCUT2D eigenvalue weighted by Gasteiger charge is -2.49. The normalized spacial score (nSPS) is 21.6. The number of oxime groups is 1. The first-order valence-electron chi connectivity index (χ1n) is 12.4. The fourth-order valence-corrected chi connectivity index (χ4v) is 6.40. The van der Waals surface area contributed by atoms with Crippen LogP contribution in [0.15, 0.2) is 58.5 Å². The van der Waals surface area contributed by atoms with Gasteiger partial charge in [-0.3, -0.25) is 14.5 Å². The highest BCUT2D eigenvalue weighted by Gasteiger charge is 2.54. The van der Waals surface area contributed by atoms with E-state index in [2.05, 4.69) is 15.5 Å². The van der Waals surface area contributed by atoms with E-state index in [0.717, 1.165) is 16.2 Å². The third kappa shape index (κ3) is 5.47. The van der Waals surface area contributed by atoms with Gasteiger partial charge in [0.05, 0.1) is 5.69 Å². The minimum atomic E-state index is -1.54. The van der Waals surface area contributed by atoms with Crippen molar-refractivity contribution in [2.75, 3.05) is 17.2 Å². The average molecular weight is 601 g/mol. The smallest absolute Gasteiger partial charge is 0.352 e. The van der Waals surface area contributed by atoms with Gasteiger partial charge in [0.1, 0.15) is 22.8 Å². The molecule has 0 spiro atoms. The summed E-state index contributed by atoms with van der Waals surface area (Å²) < 4.78 is 1.83. The van der Waals surface area contributed by atoms with Crippen LogP contribution in [0.2, 0.25) is 0 Å². The number of hydrogen-bond acceptors (Lipinski definition) is 11. The number of rotatable bonds is 10. The Morgan fingerprint density at radius 3 is 2.71 bits per heavy atom. The number of thioether (sulfide) groups is 1. The first-order chi connectivity index (χ1) is 19.6. The summed E-state index contributed by atoms with van der Waals surface area (Å²) in [5, 5.41) is 26.8. The number of aliphatic carboxylic acids is 2. The molecule has 4 heterocycles. The van der Waals surface area contributed by atoms with E-state index in [4.69, 9.17) is 16.3 Å². The number of anilines is 2. The van der Waals surface area contributed by atoms with E-state index in [1.807, 2.05) is 10.8 Å². The molecule has 5 rings (SSSR count). The average Bonchev–Trinajstić information content (AvgIpc) is 3.33. The summed E-state index contributed by atoms with van der Waals surface area (Å²) in [6, 6.07) is 2.50. The second-order valence-electron chi connectivity index (χ2n) is 9.53. The van der Waals surface area contributed by atoms with Crippen molar-refractivity contribution in [2.45, 2.75) is 42.8 Å². The van der Waals surface area contributed by atoms with Crippen LogP contribution in [0.1, 0.15) is 25.0 Å². The van der Waals surface area contributed by atoms with Gasteiger partial charge in [-0.05, 0) is 24.1 Å². The molecule has 2 aromatic heterocycles. The predicted octanol–water partition coefficient (Wildman–Crippen LogP) is 0.318. The van der Waals surface area contributed by atoms with Crippen molar-refractivity contribution in [1.82, 2.24) is 15.2 Å². The minimum absolute atomic E-state index is 0.0568. The monoisotopic (exact) mass is 600 g/mol. The second kappa shape index (κ2) is 11.2. The highest BCUT2D eigenvalue weighted by Crippen LogP contribution is 2.41. The van der Waals surface area contributed by atoms with Crippen LogP contribution >= 0.6 is 23.1 Å². The second-order valence-corrected chi connectivity index (χ2v) is 11.5. The van der Waals surface area contributed by atoms with Crippen molar-refractivity contribution >= 4 is 63.4 Å². The number of fused-ring (bicyclic) bond motifs is 1. The first kappa shape index (κ1) is 28.1. The summed E-state index contributed by atoms with van der Waals surface area (Å²) in [5.74, 6) is -3.62. The van der Waals surface area contributed by atoms with Gasteiger partial charge in [0.2, 0.25) is 5.60 Å². The number of carbonyl (C=O) groups is 4. The number of nitrogens with one attached hydrogen (secondary N) is 1. The molecular formula is C25H26N7O7S2+. The van der Waals surface area contributed by atoms with Crippen LogP contribution in [0.25, 0.3) is 0 Å². The number of pyridine rings is 1. The third-order valence-corrected chi connectivity index (χ3v) is 8.82. The molecule has 7 N–H and O–H groups in total. The van der Waals surface area contributed by atoms with E-state index in [0.29, 0.717) is 24.2 Å². The maximum Gasteiger partial charge on any atom is 0.352 e. The molecule has 2 aromatic rings. The van der Waals surface area contributed by atoms with Gasteiger partial charge in [-0.15, -0.1) is 23.1 Å². The van der Waals surface area contributed by atoms with Crippen molar-refractivity contribution in [3.63, 3.8) is 0 Å². The molecule has 41 heavy (non-hydrogen) atoms. The van der Waals surface area contributed by atoms with E-state index in [1.165, 1.54) is 17.1 Å². The molecule has 2 atom stereocenters. The number of carbonyl (C=O) groups excluding carboxylic acids is 2. The lowest BCUT2D eigenvalue weighted by atomic mass is 9.80. The lowest BCUT2D eigenvalue weighted by molar-refractivity contribution is -0.686. The molecule has 1 unspecified atom stereocenters. The lowest BCUT2D eigenvalue weighted by Crippen LogP contribution is -2.71. The van der Waals surface area contributed by atoms with Gasteiger partial charge in [-0.2, -0.15) is 4.57 Å². The number of nitrogens with two attached hydrogens (primary N) is 2. The van der Waals surface area contributed by atoms with E-state index >= 15 is 0 Å². The molecule has 16 heteroatoms. The predicted molar refractivity (Wildman–Crippen MR) is 148 cm³/mol. The van der Waals surface area contributed by atoms with Crippen LogP contribution in [0.4, 0.5) is 10.8 Å². The van der Waals surface area contributed by atoms with E-state index in [-0.39, 0.29) is 40.8 Å². The topological polar surface area (TPSA) is 214 Å². The number of thiazole rings is 1. The largest absolute Gasteiger partial charge is 0.478 e. The zero-order valence-electron chi connectivity index (χ0n) is 21.4. The number of β-lactam (4-membered cyclic amide) rings is 1. The maximum absolute atomic E-state index is 13.3. The Balaban J connectivity index is 1.32. The van der Waals surface area contributed by atoms with E-state index < -0.39 is 40.8 Å². The van der Waals surface area contributed by atoms with E-state index in [9.17, 15) is 29.4 Å². The van der Waals surface area contributed by atoms with Crippen LogP contribution in [-0.4, -0.2) is 72.3 Å². The Kier molecular flexibility index (Phi) is 7.68. The number of amides is 2. The van der Waals surface area contributed by atoms with Gasteiger partial charge in [0.25, 0.3) is 11.8 Å². The molecular weight excluding hydrogens is 574 g/mol. The number of allylic oxidation sites excluding steroid dienone is 2. The highest BCUT2D eigenvalue weighted by molar-refractivity contribution is 8.00. The summed E-state index contributed by atoms with van der Waals surface area (Å²) in [4.78, 5) is 60.8. The zero-order valence-corrected chi connectivity index (χ0v) is 23.1. The fraction of sp³-hybridized carbons (Fsp3) is 0.320. The van der Waals surface area contributed by atoms with Gasteiger partial charge < -0.3 is 31.8 Å². The summed E-state index contributed by atoms with van der Waals surface area (Å²) in [6.45, 7) is 0.441. The molecule has 1 aliphatic carbocycles. The van der Waals surface area contributed by atoms with Crippen molar-refractivity contribution in [2.24, 2.45) is 5.16 Å². The summed E-state index contributed by atoms with van der Waals surface area (Å²) in [7, 11) is 0. The molecule has 0 aromatic carbocycles. The molecule has 214 valence electrons. The molecule has 2 fully saturated rings. The summed E-state index contributed by atoms with van der Waals surface area (Å²) in [5.41, 5.74) is 10.6. The Morgan fingerprint density at radius 2 is 2.10 bits per heavy atom. The third-order valence-electron chi connectivity index (χ3n) is 6.85. The molecule has 0 radical (unpaired) electrons. The highest BCUT2D eigenvalue weighted by atomic mass is 32.2. The summed E-state index contributed by atoms with van der Waals surface area (Å²) >= 11 is 2.34. The van der Waals surface area contributed by atoms with Crippen molar-refractivity contribution in [3.8, 4) is 0 Å². The SMILES string of the molecule is Nc1ccc[n+](CC=CC2=C(C(=O)O)N3C(=O)C(NC(=O)/C(=N\OC4(C(=O)O)CCC4)c4csc(N)n4)[C@H]3SC2)c1. The van der Waals surface area contributed by atoms with E-state index in [1.54, 1.807) is 30.5 Å². The molecule has 2 aliphatic heterocycles. The zero-order chi connectivity index (χ0) is 29.3. The van der Waals surface area contributed by atoms with Gasteiger partial charge in [-0.25, -0.2) is 14.6 Å². The number of carboxylic acid groups (broad SMARTS) is 2. The Bertz CT molecular complexity index is 1510. The molecule has 2 amide bonds. The van der Waals surface area contributed by atoms with Crippen LogP contribution in [0.5, 0.6) is 0 Å². The molecule has 14 nitrogen and oxygen atoms in total. The van der Waals surface area contributed by atoms with Gasteiger partial charge in [0, 0.05) is 30.0 Å². The first-order valence-corrected chi connectivity index (χ1v) is 14.4. The Morgan fingerprint density at radius 1 is 1.32 bits per heavy atom. The van der Waals surface area contributed by atoms with Gasteiger partial charge in [0.15, 0.2) is 29.8 Å². The molecule has 0 bridgehead atoms. The number of carboxylic acids is 2. The van der Waals surface area contributed by atoms with Gasteiger partial charge >= 0.3 is 11.9 Å². The van der Waals surface area contributed by atoms with Gasteiger partial charge in [-0.1, -0.05) is 11.2 Å². The van der Waals surface area contributed by atoms with Crippen molar-refractivity contribution < 1.29 is 38.8 Å². The standard InChI is InChI=1S/C25H25N7O7S2/c26-14-5-2-9-31(10-14)8-1-4-13-11-40-21-17(20(34)32(21)18(13)22(35)36)29-19(33)16(15-12-41-24(27)28-15)30-39-25(23(37)38)6-3-7-25/h1-2,4-5,9-10,12,17,21H,3,6-8,11,26H2,(H4-,27,28,29,33,35,36,37,38)/p+1/b4-1?,30-16-/t17?,21-/m1/s1. The minimum Gasteiger partial charge on any atom is -0.478 e. The Labute approximate surface area is 241 Å². The van der Waals surface area contributed by atoms with Crippen molar-refractivity contribution in [1.29, 1.82) is 0 Å². The fourth-order valence-electron chi connectivity index (χ4n) is 4.53. The maximum atomic E-state index is 13.3. The van der Waals surface area contributed by atoms with Crippen LogP contribution in [0.3, 0.4) is 0 Å². The number of aromatic nitrogens is 2. The number of nitrogen functional groups attached to an aromatic ring is 2. The van der Waals surface area contributed by atoms with Crippen LogP contribution in [0, 0.1) is 0 Å². The molecule has 3 aliphatic rings. The quantitative estimate of drug-likeness (QED) is 0.108. The Hall–Kier alpha value is -4.44. The number of nitrogens with zero attached hydrogens (tertiary/aromatic N) is 4. The molecule has 1 saturated carbocycles. The van der Waals surface area contributed by atoms with Crippen molar-refractivity contribution in [3.05, 3.63) is 59.0 Å². The van der Waals surface area contributed by atoms with Crippen LogP contribution in [-0.2, 0) is 30.6 Å². The number of hydrogen-bond donors (Lipinski definition) is 5. The van der Waals surface area contributed by atoms with Crippen LogP contribution < -0.4 is 21.4 Å². The summed E-state index contributed by atoms with van der Waals surface area (Å²) in [6.07, 6.45) is 8.09. The molecule has 1 saturated heterocycles.